The zero-order chi connectivity index (χ0) is 17.8. The summed E-state index contributed by atoms with van der Waals surface area (Å²) in [6.45, 7) is 2.59. The van der Waals surface area contributed by atoms with E-state index in [1.54, 1.807) is 19.6 Å². The highest BCUT2D eigenvalue weighted by atomic mass is 16.1. The Morgan fingerprint density at radius 1 is 1.28 bits per heavy atom. The van der Waals surface area contributed by atoms with Crippen LogP contribution in [-0.2, 0) is 13.6 Å². The third-order valence-electron chi connectivity index (χ3n) is 4.53. The number of likely N-dealkylation sites (tertiary alicyclic amines) is 1. The molecule has 3 rings (SSSR count). The molecule has 8 nitrogen and oxygen atoms in total. The fourth-order valence-electron chi connectivity index (χ4n) is 3.03. The third-order valence-corrected chi connectivity index (χ3v) is 4.53. The summed E-state index contributed by atoms with van der Waals surface area (Å²) in [5.74, 6) is 1.75. The summed E-state index contributed by atoms with van der Waals surface area (Å²) in [6.07, 6.45) is 5.31. The molecule has 0 radical (unpaired) electrons. The molecule has 1 fully saturated rings. The molecular formula is C17H25N7O. The van der Waals surface area contributed by atoms with Crippen LogP contribution in [0.4, 0.5) is 11.6 Å². The van der Waals surface area contributed by atoms with Crippen LogP contribution in [-0.4, -0.2) is 57.9 Å². The molecule has 1 aliphatic heterocycles. The normalized spacial score (nSPS) is 16.0. The lowest BCUT2D eigenvalue weighted by molar-refractivity contribution is 0.210. The Kier molecular flexibility index (Phi) is 5.28. The predicted molar refractivity (Wildman–Crippen MR) is 97.8 cm³/mol. The van der Waals surface area contributed by atoms with Crippen molar-refractivity contribution in [3.8, 4) is 0 Å². The number of aryl methyl sites for hydroxylation is 1. The summed E-state index contributed by atoms with van der Waals surface area (Å²) < 4.78 is 1.39. The average molecular weight is 343 g/mol. The van der Waals surface area contributed by atoms with Gasteiger partial charge in [-0.25, -0.2) is 14.6 Å². The monoisotopic (exact) mass is 343 g/mol. The summed E-state index contributed by atoms with van der Waals surface area (Å²) >= 11 is 0. The fourth-order valence-corrected chi connectivity index (χ4v) is 3.03. The summed E-state index contributed by atoms with van der Waals surface area (Å²) in [7, 11) is 5.62. The number of hydrogen-bond donors (Lipinski definition) is 1. The topological polar surface area (TPSA) is 79.2 Å². The van der Waals surface area contributed by atoms with Crippen molar-refractivity contribution in [3.05, 3.63) is 40.6 Å². The summed E-state index contributed by atoms with van der Waals surface area (Å²) in [4.78, 5) is 24.9. The van der Waals surface area contributed by atoms with Gasteiger partial charge in [0.25, 0.3) is 5.56 Å². The van der Waals surface area contributed by atoms with Crippen LogP contribution in [0.5, 0.6) is 0 Å². The van der Waals surface area contributed by atoms with E-state index in [1.165, 1.54) is 4.68 Å². The molecule has 0 bridgehead atoms. The van der Waals surface area contributed by atoms with Crippen LogP contribution in [0.15, 0.2) is 29.5 Å². The van der Waals surface area contributed by atoms with Gasteiger partial charge < -0.3 is 10.2 Å². The number of piperidine rings is 1. The molecule has 0 saturated carbocycles. The van der Waals surface area contributed by atoms with Crippen LogP contribution in [0.2, 0.25) is 0 Å². The van der Waals surface area contributed by atoms with Gasteiger partial charge in [0.15, 0.2) is 0 Å². The predicted octanol–water partition coefficient (Wildman–Crippen LogP) is 0.713. The van der Waals surface area contributed by atoms with Crippen LogP contribution in [0.25, 0.3) is 0 Å². The van der Waals surface area contributed by atoms with E-state index < -0.39 is 0 Å². The van der Waals surface area contributed by atoms with Gasteiger partial charge in [-0.1, -0.05) is 0 Å². The Morgan fingerprint density at radius 2 is 2.04 bits per heavy atom. The number of rotatable bonds is 5. The van der Waals surface area contributed by atoms with Crippen LogP contribution in [0.3, 0.4) is 0 Å². The Hall–Kier alpha value is -2.48. The Bertz CT molecular complexity index is 766. The molecule has 0 atom stereocenters. The average Bonchev–Trinajstić information content (AvgIpc) is 2.61. The van der Waals surface area contributed by atoms with E-state index in [2.05, 4.69) is 25.3 Å². The number of hydrogen-bond acceptors (Lipinski definition) is 7. The molecule has 0 spiro atoms. The van der Waals surface area contributed by atoms with E-state index in [4.69, 9.17) is 0 Å². The first-order valence-electron chi connectivity index (χ1n) is 8.52. The molecule has 1 N–H and O–H groups in total. The molecule has 8 heteroatoms. The molecule has 134 valence electrons. The zero-order valence-electron chi connectivity index (χ0n) is 15.0. The molecule has 3 heterocycles. The smallest absolute Gasteiger partial charge is 0.270 e. The van der Waals surface area contributed by atoms with Gasteiger partial charge >= 0.3 is 0 Å². The largest absolute Gasteiger partial charge is 0.367 e. The summed E-state index contributed by atoms with van der Waals surface area (Å²) in [6, 6.07) is 4.17. The fraction of sp³-hybridized carbons (Fsp3) is 0.529. The van der Waals surface area contributed by atoms with Crippen molar-refractivity contribution in [1.82, 2.24) is 24.6 Å². The molecule has 2 aromatic heterocycles. The van der Waals surface area contributed by atoms with Gasteiger partial charge in [-0.05, 0) is 18.9 Å². The van der Waals surface area contributed by atoms with Gasteiger partial charge in [-0.2, -0.15) is 5.10 Å². The number of aromatic nitrogens is 4. The molecule has 25 heavy (non-hydrogen) atoms. The van der Waals surface area contributed by atoms with Crippen molar-refractivity contribution in [2.24, 2.45) is 7.05 Å². The van der Waals surface area contributed by atoms with E-state index in [-0.39, 0.29) is 5.56 Å². The van der Waals surface area contributed by atoms with Crippen molar-refractivity contribution in [2.75, 3.05) is 37.4 Å². The van der Waals surface area contributed by atoms with Crippen molar-refractivity contribution in [3.63, 3.8) is 0 Å². The van der Waals surface area contributed by atoms with E-state index in [0.717, 1.165) is 43.1 Å². The lowest BCUT2D eigenvalue weighted by atomic mass is 10.0. The van der Waals surface area contributed by atoms with Crippen molar-refractivity contribution >= 4 is 11.6 Å². The molecule has 2 aromatic rings. The quantitative estimate of drug-likeness (QED) is 0.856. The van der Waals surface area contributed by atoms with Crippen molar-refractivity contribution < 1.29 is 0 Å². The second-order valence-corrected chi connectivity index (χ2v) is 6.64. The molecular weight excluding hydrogens is 318 g/mol. The molecule has 0 amide bonds. The van der Waals surface area contributed by atoms with E-state index in [9.17, 15) is 4.79 Å². The van der Waals surface area contributed by atoms with Gasteiger partial charge in [0, 0.05) is 64.6 Å². The van der Waals surface area contributed by atoms with Crippen LogP contribution < -0.4 is 15.8 Å². The van der Waals surface area contributed by atoms with Gasteiger partial charge in [0.1, 0.15) is 18.0 Å². The van der Waals surface area contributed by atoms with Gasteiger partial charge in [0.05, 0.1) is 0 Å². The van der Waals surface area contributed by atoms with Crippen LogP contribution in [0.1, 0.15) is 18.4 Å². The van der Waals surface area contributed by atoms with Crippen molar-refractivity contribution in [2.45, 2.75) is 25.4 Å². The van der Waals surface area contributed by atoms with E-state index in [1.807, 2.05) is 31.1 Å². The Labute approximate surface area is 147 Å². The number of nitrogens with zero attached hydrogens (tertiary/aromatic N) is 6. The number of anilines is 2. The minimum atomic E-state index is -0.0139. The molecule has 1 aliphatic rings. The molecule has 0 aromatic carbocycles. The maximum absolute atomic E-state index is 12.1. The zero-order valence-corrected chi connectivity index (χ0v) is 15.0. The third kappa shape index (κ3) is 4.33. The first-order chi connectivity index (χ1) is 12.0. The first kappa shape index (κ1) is 17.3. The molecule has 0 unspecified atom stereocenters. The highest BCUT2D eigenvalue weighted by molar-refractivity contribution is 5.47. The maximum Gasteiger partial charge on any atom is 0.270 e. The number of nitrogens with one attached hydrogen (secondary N) is 1. The van der Waals surface area contributed by atoms with Crippen LogP contribution in [0, 0.1) is 0 Å². The minimum absolute atomic E-state index is 0.0139. The standard InChI is InChI=1S/C17H25N7O/c1-22(2)16-10-15(18-12-19-16)21-14-5-8-24(9-6-14)11-13-4-7-20-23(3)17(13)25/h4,7,10,12,14H,5-6,8-9,11H2,1-3H3,(H,18,19,21). The maximum atomic E-state index is 12.1. The molecule has 0 aliphatic carbocycles. The lowest BCUT2D eigenvalue weighted by Gasteiger charge is -2.32. The molecule has 1 saturated heterocycles. The summed E-state index contributed by atoms with van der Waals surface area (Å²) in [5, 5.41) is 7.47. The first-order valence-corrected chi connectivity index (χ1v) is 8.52. The Balaban J connectivity index is 1.54. The van der Waals surface area contributed by atoms with Gasteiger partial charge in [0.2, 0.25) is 0 Å². The van der Waals surface area contributed by atoms with Gasteiger partial charge in [-0.15, -0.1) is 0 Å². The van der Waals surface area contributed by atoms with E-state index in [0.29, 0.717) is 12.6 Å². The van der Waals surface area contributed by atoms with Crippen LogP contribution >= 0.6 is 0 Å². The van der Waals surface area contributed by atoms with Crippen molar-refractivity contribution in [1.29, 1.82) is 0 Å². The van der Waals surface area contributed by atoms with Gasteiger partial charge in [-0.3, -0.25) is 9.69 Å². The lowest BCUT2D eigenvalue weighted by Crippen LogP contribution is -2.40. The second kappa shape index (κ2) is 7.60. The SMILES string of the molecule is CN(C)c1cc(NC2CCN(Cc3ccnn(C)c3=O)CC2)ncn1. The summed E-state index contributed by atoms with van der Waals surface area (Å²) in [5.41, 5.74) is 0.787. The Morgan fingerprint density at radius 3 is 2.76 bits per heavy atom. The minimum Gasteiger partial charge on any atom is -0.367 e. The highest BCUT2D eigenvalue weighted by Gasteiger charge is 2.20. The van der Waals surface area contributed by atoms with E-state index >= 15 is 0 Å². The highest BCUT2D eigenvalue weighted by Crippen LogP contribution is 2.18. The second-order valence-electron chi connectivity index (χ2n) is 6.64.